The zero-order chi connectivity index (χ0) is 15.4. The van der Waals surface area contributed by atoms with Gasteiger partial charge in [-0.15, -0.1) is 0 Å². The van der Waals surface area contributed by atoms with E-state index >= 15 is 0 Å². The van der Waals surface area contributed by atoms with Crippen molar-refractivity contribution in [3.8, 4) is 0 Å². The minimum Gasteiger partial charge on any atom is -0.358 e. The molecule has 0 saturated carbocycles. The Balaban J connectivity index is 1.97. The molecule has 114 valence electrons. The SMILES string of the molecule is CNC(=O)CN1CCN(C(=O)c2cc(Br)ccc2I)CC1. The number of hydrogen-bond acceptors (Lipinski definition) is 3. The topological polar surface area (TPSA) is 52.7 Å². The lowest BCUT2D eigenvalue weighted by Crippen LogP contribution is -2.51. The van der Waals surface area contributed by atoms with Crippen molar-refractivity contribution in [2.75, 3.05) is 39.8 Å². The average molecular weight is 466 g/mol. The molecule has 0 bridgehead atoms. The number of amides is 2. The molecule has 1 heterocycles. The molecule has 1 saturated heterocycles. The number of nitrogens with zero attached hydrogens (tertiary/aromatic N) is 2. The molecule has 7 heteroatoms. The van der Waals surface area contributed by atoms with Crippen molar-refractivity contribution in [3.63, 3.8) is 0 Å². The summed E-state index contributed by atoms with van der Waals surface area (Å²) in [5.74, 6) is 0.0663. The molecule has 0 radical (unpaired) electrons. The summed E-state index contributed by atoms with van der Waals surface area (Å²) in [4.78, 5) is 27.8. The Bertz CT molecular complexity index is 545. The van der Waals surface area contributed by atoms with Gasteiger partial charge in [-0.1, -0.05) is 15.9 Å². The van der Waals surface area contributed by atoms with E-state index in [1.807, 2.05) is 23.1 Å². The van der Waals surface area contributed by atoms with Crippen LogP contribution in [-0.4, -0.2) is 61.4 Å². The molecule has 5 nitrogen and oxygen atoms in total. The fourth-order valence-corrected chi connectivity index (χ4v) is 3.15. The van der Waals surface area contributed by atoms with E-state index in [1.165, 1.54) is 0 Å². The summed E-state index contributed by atoms with van der Waals surface area (Å²) in [6.07, 6.45) is 0. The summed E-state index contributed by atoms with van der Waals surface area (Å²) < 4.78 is 1.86. The van der Waals surface area contributed by atoms with E-state index in [9.17, 15) is 9.59 Å². The van der Waals surface area contributed by atoms with Crippen molar-refractivity contribution in [1.82, 2.24) is 15.1 Å². The smallest absolute Gasteiger partial charge is 0.255 e. The summed E-state index contributed by atoms with van der Waals surface area (Å²) in [6.45, 7) is 3.15. The van der Waals surface area contributed by atoms with E-state index in [0.717, 1.165) is 26.7 Å². The summed E-state index contributed by atoms with van der Waals surface area (Å²) in [6, 6.07) is 5.72. The molecule has 0 atom stereocenters. The molecular formula is C14H17BrIN3O2. The molecule has 0 aliphatic carbocycles. The van der Waals surface area contributed by atoms with Crippen LogP contribution >= 0.6 is 38.5 Å². The van der Waals surface area contributed by atoms with Crippen molar-refractivity contribution in [1.29, 1.82) is 0 Å². The fourth-order valence-electron chi connectivity index (χ4n) is 2.22. The van der Waals surface area contributed by atoms with E-state index in [0.29, 0.717) is 19.6 Å². The third-order valence-electron chi connectivity index (χ3n) is 3.46. The van der Waals surface area contributed by atoms with Gasteiger partial charge in [0.2, 0.25) is 5.91 Å². The van der Waals surface area contributed by atoms with Gasteiger partial charge in [0.15, 0.2) is 0 Å². The molecule has 1 fully saturated rings. The predicted octanol–water partition coefficient (Wildman–Crippen LogP) is 1.56. The Morgan fingerprint density at radius 3 is 2.57 bits per heavy atom. The second-order valence-electron chi connectivity index (χ2n) is 4.87. The number of carbonyl (C=O) groups is 2. The highest BCUT2D eigenvalue weighted by Crippen LogP contribution is 2.20. The third-order valence-corrected chi connectivity index (χ3v) is 4.90. The minimum absolute atomic E-state index is 0.0105. The Morgan fingerprint density at radius 1 is 1.29 bits per heavy atom. The van der Waals surface area contributed by atoms with E-state index in [-0.39, 0.29) is 11.8 Å². The zero-order valence-electron chi connectivity index (χ0n) is 11.7. The molecular weight excluding hydrogens is 449 g/mol. The molecule has 0 unspecified atom stereocenters. The number of halogens is 2. The summed E-state index contributed by atoms with van der Waals surface area (Å²) in [5, 5.41) is 2.62. The Labute approximate surface area is 146 Å². The maximum Gasteiger partial charge on any atom is 0.255 e. The standard InChI is InChI=1S/C14H17BrIN3O2/c1-17-13(20)9-18-4-6-19(7-5-18)14(21)11-8-10(15)2-3-12(11)16/h2-3,8H,4-7,9H2,1H3,(H,17,20). The summed E-state index contributed by atoms with van der Waals surface area (Å²) >= 11 is 5.59. The van der Waals surface area contributed by atoms with Crippen molar-refractivity contribution in [2.45, 2.75) is 0 Å². The number of benzene rings is 1. The Kier molecular flexibility index (Phi) is 6.00. The van der Waals surface area contributed by atoms with Crippen molar-refractivity contribution >= 4 is 50.3 Å². The molecule has 21 heavy (non-hydrogen) atoms. The summed E-state index contributed by atoms with van der Waals surface area (Å²) in [5.41, 5.74) is 0.727. The predicted molar refractivity (Wildman–Crippen MR) is 93.3 cm³/mol. The van der Waals surface area contributed by atoms with Gasteiger partial charge in [-0.25, -0.2) is 0 Å². The van der Waals surface area contributed by atoms with Gasteiger partial charge in [0.05, 0.1) is 12.1 Å². The first-order valence-corrected chi connectivity index (χ1v) is 8.55. The molecule has 2 rings (SSSR count). The van der Waals surface area contributed by atoms with E-state index in [4.69, 9.17) is 0 Å². The molecule has 1 N–H and O–H groups in total. The van der Waals surface area contributed by atoms with Crippen LogP contribution in [0.4, 0.5) is 0 Å². The van der Waals surface area contributed by atoms with Crippen LogP contribution in [0, 0.1) is 3.57 Å². The van der Waals surface area contributed by atoms with Gasteiger partial charge in [-0.2, -0.15) is 0 Å². The highest BCUT2D eigenvalue weighted by Gasteiger charge is 2.24. The van der Waals surface area contributed by atoms with Gasteiger partial charge >= 0.3 is 0 Å². The van der Waals surface area contributed by atoms with Crippen molar-refractivity contribution in [3.05, 3.63) is 31.8 Å². The van der Waals surface area contributed by atoms with Crippen LogP contribution < -0.4 is 5.32 Å². The lowest BCUT2D eigenvalue weighted by atomic mass is 10.2. The first-order valence-electron chi connectivity index (χ1n) is 6.68. The average Bonchev–Trinajstić information content (AvgIpc) is 2.49. The monoisotopic (exact) mass is 465 g/mol. The second kappa shape index (κ2) is 7.55. The highest BCUT2D eigenvalue weighted by atomic mass is 127. The molecule has 1 aliphatic heterocycles. The second-order valence-corrected chi connectivity index (χ2v) is 6.94. The summed E-state index contributed by atoms with van der Waals surface area (Å²) in [7, 11) is 1.64. The van der Waals surface area contributed by atoms with E-state index in [2.05, 4.69) is 48.7 Å². The lowest BCUT2D eigenvalue weighted by molar-refractivity contribution is -0.122. The van der Waals surface area contributed by atoms with Crippen LogP contribution in [0.25, 0.3) is 0 Å². The van der Waals surface area contributed by atoms with Crippen molar-refractivity contribution in [2.24, 2.45) is 0 Å². The number of likely N-dealkylation sites (N-methyl/N-ethyl adjacent to an activating group) is 1. The minimum atomic E-state index is 0.0105. The number of carbonyl (C=O) groups excluding carboxylic acids is 2. The Morgan fingerprint density at radius 2 is 1.95 bits per heavy atom. The first-order chi connectivity index (χ1) is 10.0. The Hall–Kier alpha value is -0.670. The van der Waals surface area contributed by atoms with Gasteiger partial charge in [0, 0.05) is 41.3 Å². The van der Waals surface area contributed by atoms with Gasteiger partial charge in [0.25, 0.3) is 5.91 Å². The van der Waals surface area contributed by atoms with Crippen LogP contribution in [0.5, 0.6) is 0 Å². The number of piperazine rings is 1. The third kappa shape index (κ3) is 4.40. The number of nitrogens with one attached hydrogen (secondary N) is 1. The van der Waals surface area contributed by atoms with Gasteiger partial charge in [-0.05, 0) is 40.8 Å². The number of rotatable bonds is 3. The molecule has 2 amide bonds. The molecule has 0 spiro atoms. The molecule has 1 aromatic carbocycles. The maximum atomic E-state index is 12.6. The van der Waals surface area contributed by atoms with E-state index in [1.54, 1.807) is 7.05 Å². The normalized spacial score (nSPS) is 15.9. The van der Waals surface area contributed by atoms with Crippen LogP contribution in [0.15, 0.2) is 22.7 Å². The van der Waals surface area contributed by atoms with Gasteiger partial charge in [0.1, 0.15) is 0 Å². The fraction of sp³-hybridized carbons (Fsp3) is 0.429. The maximum absolute atomic E-state index is 12.6. The highest BCUT2D eigenvalue weighted by molar-refractivity contribution is 14.1. The zero-order valence-corrected chi connectivity index (χ0v) is 15.5. The number of hydrogen-bond donors (Lipinski definition) is 1. The van der Waals surface area contributed by atoms with E-state index < -0.39 is 0 Å². The quantitative estimate of drug-likeness (QED) is 0.689. The first kappa shape index (κ1) is 16.7. The lowest BCUT2D eigenvalue weighted by Gasteiger charge is -2.34. The van der Waals surface area contributed by atoms with Crippen LogP contribution in [0.1, 0.15) is 10.4 Å². The molecule has 1 aliphatic rings. The van der Waals surface area contributed by atoms with Gasteiger partial charge in [-0.3, -0.25) is 14.5 Å². The largest absolute Gasteiger partial charge is 0.358 e. The van der Waals surface area contributed by atoms with Gasteiger partial charge < -0.3 is 10.2 Å². The van der Waals surface area contributed by atoms with Crippen LogP contribution in [0.3, 0.4) is 0 Å². The molecule has 1 aromatic rings. The van der Waals surface area contributed by atoms with Crippen molar-refractivity contribution < 1.29 is 9.59 Å². The molecule has 0 aromatic heterocycles. The van der Waals surface area contributed by atoms with Crippen LogP contribution in [0.2, 0.25) is 0 Å². The van der Waals surface area contributed by atoms with Crippen LogP contribution in [-0.2, 0) is 4.79 Å².